The average Bonchev–Trinajstić information content (AvgIpc) is 3.59. The van der Waals surface area contributed by atoms with Gasteiger partial charge < -0.3 is 15.0 Å². The lowest BCUT2D eigenvalue weighted by atomic mass is 10.0. The second-order valence-corrected chi connectivity index (χ2v) is 14.4. The number of amides is 2. The Labute approximate surface area is 285 Å². The zero-order chi connectivity index (χ0) is 33.2. The molecule has 1 saturated carbocycles. The van der Waals surface area contributed by atoms with Crippen molar-refractivity contribution in [1.29, 1.82) is 0 Å². The van der Waals surface area contributed by atoms with E-state index >= 15 is 0 Å². The Kier molecular flexibility index (Phi) is 11.7. The van der Waals surface area contributed by atoms with Crippen LogP contribution in [0.3, 0.4) is 0 Å². The Morgan fingerprint density at radius 2 is 1.51 bits per heavy atom. The van der Waals surface area contributed by atoms with Crippen LogP contribution in [0.15, 0.2) is 119 Å². The third kappa shape index (κ3) is 9.02. The Morgan fingerprint density at radius 1 is 0.872 bits per heavy atom. The standard InChI is InChI=1S/C37H40BrN3O5S/c1-2-46-33-20-22-34(23-21-33)47(44,45)41(32-18-7-4-8-19-32)27-36(42)40(26-29-14-11-15-30(38)24-29)35(25-28-12-5-3-6-13-28)37(43)39-31-16-9-10-17-31/h3-8,11-15,18-24,31,35H,2,9-10,16-17,25-27H2,1H3,(H,39,43)/t35-/m0/s1. The molecule has 8 nitrogen and oxygen atoms in total. The summed E-state index contributed by atoms with van der Waals surface area (Å²) >= 11 is 3.53. The quantitative estimate of drug-likeness (QED) is 0.156. The van der Waals surface area contributed by atoms with Gasteiger partial charge in [-0.3, -0.25) is 13.9 Å². The van der Waals surface area contributed by atoms with Crippen LogP contribution in [0.1, 0.15) is 43.7 Å². The van der Waals surface area contributed by atoms with Crippen LogP contribution in [0.4, 0.5) is 5.69 Å². The first-order valence-corrected chi connectivity index (χ1v) is 18.2. The molecule has 1 atom stereocenters. The van der Waals surface area contributed by atoms with E-state index in [0.717, 1.165) is 45.6 Å². The third-order valence-electron chi connectivity index (χ3n) is 8.26. The van der Waals surface area contributed by atoms with E-state index in [-0.39, 0.29) is 29.8 Å². The van der Waals surface area contributed by atoms with Gasteiger partial charge in [-0.15, -0.1) is 0 Å². The van der Waals surface area contributed by atoms with Gasteiger partial charge in [-0.25, -0.2) is 8.42 Å². The van der Waals surface area contributed by atoms with Crippen molar-refractivity contribution in [3.8, 4) is 5.75 Å². The van der Waals surface area contributed by atoms with E-state index in [1.807, 2.05) is 61.5 Å². The van der Waals surface area contributed by atoms with Gasteiger partial charge in [0, 0.05) is 23.5 Å². The van der Waals surface area contributed by atoms with Crippen molar-refractivity contribution in [3.05, 3.63) is 125 Å². The molecule has 0 unspecified atom stereocenters. The molecule has 5 rings (SSSR count). The molecule has 0 bridgehead atoms. The van der Waals surface area contributed by atoms with Crippen molar-refractivity contribution < 1.29 is 22.7 Å². The topological polar surface area (TPSA) is 96.0 Å². The lowest BCUT2D eigenvalue weighted by molar-refractivity contribution is -0.140. The van der Waals surface area contributed by atoms with Crippen LogP contribution in [0.2, 0.25) is 0 Å². The number of sulfonamides is 1. The van der Waals surface area contributed by atoms with Crippen molar-refractivity contribution in [3.63, 3.8) is 0 Å². The van der Waals surface area contributed by atoms with Gasteiger partial charge >= 0.3 is 0 Å². The summed E-state index contributed by atoms with van der Waals surface area (Å²) in [5.41, 5.74) is 2.04. The molecule has 4 aromatic rings. The fourth-order valence-electron chi connectivity index (χ4n) is 5.88. The summed E-state index contributed by atoms with van der Waals surface area (Å²) in [5.74, 6) is -0.193. The summed E-state index contributed by atoms with van der Waals surface area (Å²) in [4.78, 5) is 30.3. The molecule has 0 aliphatic heterocycles. The van der Waals surface area contributed by atoms with Gasteiger partial charge in [-0.1, -0.05) is 89.4 Å². The fraction of sp³-hybridized carbons (Fsp3) is 0.297. The first kappa shape index (κ1) is 34.2. The van der Waals surface area contributed by atoms with Crippen molar-refractivity contribution in [2.24, 2.45) is 0 Å². The van der Waals surface area contributed by atoms with Gasteiger partial charge in [0.1, 0.15) is 18.3 Å². The predicted molar refractivity (Wildman–Crippen MR) is 188 cm³/mol. The first-order chi connectivity index (χ1) is 22.7. The summed E-state index contributed by atoms with van der Waals surface area (Å²) in [6, 6.07) is 31.0. The van der Waals surface area contributed by atoms with Gasteiger partial charge in [0.15, 0.2) is 0 Å². The van der Waals surface area contributed by atoms with Crippen LogP contribution in [0.25, 0.3) is 0 Å². The second-order valence-electron chi connectivity index (χ2n) is 11.6. The lowest BCUT2D eigenvalue weighted by Gasteiger charge is -2.34. The number of carbonyl (C=O) groups is 2. The zero-order valence-corrected chi connectivity index (χ0v) is 28.8. The molecular weight excluding hydrogens is 678 g/mol. The largest absolute Gasteiger partial charge is 0.494 e. The van der Waals surface area contributed by atoms with E-state index in [4.69, 9.17) is 4.74 Å². The van der Waals surface area contributed by atoms with Gasteiger partial charge in [-0.2, -0.15) is 0 Å². The van der Waals surface area contributed by atoms with E-state index in [0.29, 0.717) is 18.0 Å². The molecule has 1 fully saturated rings. The maximum Gasteiger partial charge on any atom is 0.264 e. The first-order valence-electron chi connectivity index (χ1n) is 15.9. The van der Waals surface area contributed by atoms with Crippen LogP contribution >= 0.6 is 15.9 Å². The van der Waals surface area contributed by atoms with Gasteiger partial charge in [0.05, 0.1) is 17.2 Å². The minimum Gasteiger partial charge on any atom is -0.494 e. The Hall–Kier alpha value is -4.15. The molecule has 1 N–H and O–H groups in total. The van der Waals surface area contributed by atoms with Crippen LogP contribution in [0.5, 0.6) is 5.75 Å². The Balaban J connectivity index is 1.54. The molecular formula is C37H40BrN3O5S. The van der Waals surface area contributed by atoms with Crippen LogP contribution < -0.4 is 14.4 Å². The van der Waals surface area contributed by atoms with Gasteiger partial charge in [-0.05, 0) is 79.4 Å². The van der Waals surface area contributed by atoms with Crippen LogP contribution in [-0.2, 0) is 32.6 Å². The molecule has 10 heteroatoms. The highest BCUT2D eigenvalue weighted by Gasteiger charge is 2.35. The summed E-state index contributed by atoms with van der Waals surface area (Å²) < 4.78 is 35.9. The van der Waals surface area contributed by atoms with Crippen molar-refractivity contribution in [2.75, 3.05) is 17.5 Å². The van der Waals surface area contributed by atoms with Crippen molar-refractivity contribution in [2.45, 2.75) is 62.6 Å². The molecule has 47 heavy (non-hydrogen) atoms. The summed E-state index contributed by atoms with van der Waals surface area (Å²) in [6.07, 6.45) is 4.15. The van der Waals surface area contributed by atoms with E-state index in [1.165, 1.54) is 17.0 Å². The zero-order valence-electron chi connectivity index (χ0n) is 26.4. The smallest absolute Gasteiger partial charge is 0.264 e. The number of anilines is 1. The number of halogens is 1. The minimum atomic E-state index is -4.20. The molecule has 246 valence electrons. The maximum atomic E-state index is 14.6. The molecule has 0 heterocycles. The molecule has 4 aromatic carbocycles. The maximum absolute atomic E-state index is 14.6. The fourth-order valence-corrected chi connectivity index (χ4v) is 7.74. The molecule has 0 saturated heterocycles. The molecule has 0 aromatic heterocycles. The number of nitrogens with zero attached hydrogens (tertiary/aromatic N) is 2. The number of carbonyl (C=O) groups excluding carboxylic acids is 2. The third-order valence-corrected chi connectivity index (χ3v) is 10.5. The van der Waals surface area contributed by atoms with E-state index in [2.05, 4.69) is 21.2 Å². The second kappa shape index (κ2) is 16.1. The molecule has 0 spiro atoms. The van der Waals surface area contributed by atoms with E-state index in [1.54, 1.807) is 42.5 Å². The number of rotatable bonds is 14. The highest BCUT2D eigenvalue weighted by molar-refractivity contribution is 9.10. The van der Waals surface area contributed by atoms with Crippen molar-refractivity contribution in [1.82, 2.24) is 10.2 Å². The van der Waals surface area contributed by atoms with Crippen LogP contribution in [-0.4, -0.2) is 50.4 Å². The molecule has 1 aliphatic carbocycles. The molecule has 0 radical (unpaired) electrons. The van der Waals surface area contributed by atoms with Crippen molar-refractivity contribution >= 4 is 43.5 Å². The lowest BCUT2D eigenvalue weighted by Crippen LogP contribution is -2.54. The van der Waals surface area contributed by atoms with Crippen LogP contribution in [0, 0.1) is 0 Å². The summed E-state index contributed by atoms with van der Waals surface area (Å²) in [6.45, 7) is 1.91. The monoisotopic (exact) mass is 717 g/mol. The SMILES string of the molecule is CCOc1ccc(S(=O)(=O)N(CC(=O)N(Cc2cccc(Br)c2)[C@@H](Cc2ccccc2)C(=O)NC2CCCC2)c2ccccc2)cc1. The number of hydrogen-bond acceptors (Lipinski definition) is 5. The molecule has 1 aliphatic rings. The summed E-state index contributed by atoms with van der Waals surface area (Å²) in [7, 11) is -4.20. The number of nitrogens with one attached hydrogen (secondary N) is 1. The van der Waals surface area contributed by atoms with Gasteiger partial charge in [0.25, 0.3) is 10.0 Å². The average molecular weight is 719 g/mol. The number of ether oxygens (including phenoxy) is 1. The minimum absolute atomic E-state index is 0.0240. The van der Waals surface area contributed by atoms with Gasteiger partial charge in [0.2, 0.25) is 11.8 Å². The number of hydrogen-bond donors (Lipinski definition) is 1. The number of benzene rings is 4. The Bertz CT molecular complexity index is 1730. The predicted octanol–water partition coefficient (Wildman–Crippen LogP) is 6.74. The number of para-hydroxylation sites is 1. The highest BCUT2D eigenvalue weighted by Crippen LogP contribution is 2.27. The van der Waals surface area contributed by atoms with E-state index < -0.39 is 28.5 Å². The molecule has 2 amide bonds. The summed E-state index contributed by atoms with van der Waals surface area (Å²) in [5, 5.41) is 3.20. The highest BCUT2D eigenvalue weighted by atomic mass is 79.9. The van der Waals surface area contributed by atoms with E-state index in [9.17, 15) is 18.0 Å². The Morgan fingerprint density at radius 3 is 2.15 bits per heavy atom. The normalized spacial score (nSPS) is 13.9.